The molecule has 0 saturated carbocycles. The van der Waals surface area contributed by atoms with E-state index in [1.54, 1.807) is 12.1 Å². The van der Waals surface area contributed by atoms with Gasteiger partial charge in [0, 0.05) is 6.42 Å². The van der Waals surface area contributed by atoms with E-state index in [9.17, 15) is 9.90 Å². The maximum atomic E-state index is 11.9. The SMILES string of the molecule is CCCCCC(=O)Oc1ccc(/C(CC)=C(\CC)c2ccc(O)cc2)cc1. The first-order valence-electron chi connectivity index (χ1n) is 9.91. The zero-order chi connectivity index (χ0) is 19.6. The van der Waals surface area contributed by atoms with Crippen LogP contribution in [0.15, 0.2) is 48.5 Å². The van der Waals surface area contributed by atoms with Gasteiger partial charge in [-0.15, -0.1) is 0 Å². The van der Waals surface area contributed by atoms with Crippen LogP contribution in [-0.2, 0) is 4.79 Å². The number of carbonyl (C=O) groups is 1. The van der Waals surface area contributed by atoms with E-state index in [4.69, 9.17) is 4.74 Å². The summed E-state index contributed by atoms with van der Waals surface area (Å²) >= 11 is 0. The molecule has 0 spiro atoms. The van der Waals surface area contributed by atoms with Crippen LogP contribution in [-0.4, -0.2) is 11.1 Å². The van der Waals surface area contributed by atoms with Gasteiger partial charge in [0.05, 0.1) is 0 Å². The molecule has 0 heterocycles. The summed E-state index contributed by atoms with van der Waals surface area (Å²) in [6, 6.07) is 15.1. The van der Waals surface area contributed by atoms with Gasteiger partial charge in [-0.05, 0) is 65.8 Å². The molecule has 0 aromatic heterocycles. The highest BCUT2D eigenvalue weighted by molar-refractivity contribution is 5.90. The maximum Gasteiger partial charge on any atom is 0.311 e. The highest BCUT2D eigenvalue weighted by atomic mass is 16.5. The zero-order valence-corrected chi connectivity index (χ0v) is 16.6. The minimum atomic E-state index is -0.166. The average molecular weight is 367 g/mol. The number of allylic oxidation sites excluding steroid dienone is 2. The van der Waals surface area contributed by atoms with Gasteiger partial charge in [-0.25, -0.2) is 0 Å². The molecule has 2 aromatic rings. The second kappa shape index (κ2) is 10.6. The Morgan fingerprint density at radius 3 is 1.81 bits per heavy atom. The first-order chi connectivity index (χ1) is 13.1. The minimum Gasteiger partial charge on any atom is -0.508 e. The summed E-state index contributed by atoms with van der Waals surface area (Å²) < 4.78 is 5.43. The molecule has 0 unspecified atom stereocenters. The van der Waals surface area contributed by atoms with Crippen LogP contribution in [0.5, 0.6) is 11.5 Å². The average Bonchev–Trinajstić information content (AvgIpc) is 2.68. The molecule has 0 aliphatic rings. The van der Waals surface area contributed by atoms with Crippen LogP contribution in [0.25, 0.3) is 11.1 Å². The van der Waals surface area contributed by atoms with E-state index in [1.165, 1.54) is 11.1 Å². The third kappa shape index (κ3) is 5.99. The highest BCUT2D eigenvalue weighted by Crippen LogP contribution is 2.32. The van der Waals surface area contributed by atoms with Crippen molar-refractivity contribution >= 4 is 17.1 Å². The summed E-state index contributed by atoms with van der Waals surface area (Å²) in [5.74, 6) is 0.705. The number of ether oxygens (including phenoxy) is 1. The molecule has 2 rings (SSSR count). The van der Waals surface area contributed by atoms with Crippen LogP contribution in [0.3, 0.4) is 0 Å². The number of phenols is 1. The van der Waals surface area contributed by atoms with Gasteiger partial charge < -0.3 is 9.84 Å². The largest absolute Gasteiger partial charge is 0.508 e. The smallest absolute Gasteiger partial charge is 0.311 e. The van der Waals surface area contributed by atoms with Crippen molar-refractivity contribution in [3.05, 3.63) is 59.7 Å². The van der Waals surface area contributed by atoms with Crippen LogP contribution in [0.1, 0.15) is 70.4 Å². The number of aromatic hydroxyl groups is 1. The summed E-state index contributed by atoms with van der Waals surface area (Å²) in [6.07, 6.45) is 5.30. The second-order valence-corrected chi connectivity index (χ2v) is 6.67. The van der Waals surface area contributed by atoms with E-state index < -0.39 is 0 Å². The molecule has 0 atom stereocenters. The van der Waals surface area contributed by atoms with Gasteiger partial charge in [0.1, 0.15) is 11.5 Å². The van der Waals surface area contributed by atoms with E-state index >= 15 is 0 Å². The van der Waals surface area contributed by atoms with Gasteiger partial charge in [0.2, 0.25) is 0 Å². The molecule has 144 valence electrons. The normalized spacial score (nSPS) is 11.8. The Bertz CT molecular complexity index is 755. The first kappa shape index (κ1) is 20.8. The van der Waals surface area contributed by atoms with Crippen molar-refractivity contribution in [3.63, 3.8) is 0 Å². The van der Waals surface area contributed by atoms with E-state index in [0.717, 1.165) is 43.2 Å². The molecule has 0 aliphatic heterocycles. The van der Waals surface area contributed by atoms with Gasteiger partial charge >= 0.3 is 5.97 Å². The molecular formula is C24H30O3. The van der Waals surface area contributed by atoms with Crippen molar-refractivity contribution < 1.29 is 14.6 Å². The van der Waals surface area contributed by atoms with Crippen LogP contribution in [0, 0.1) is 0 Å². The lowest BCUT2D eigenvalue weighted by Gasteiger charge is -2.15. The zero-order valence-electron chi connectivity index (χ0n) is 16.6. The van der Waals surface area contributed by atoms with E-state index in [-0.39, 0.29) is 11.7 Å². The number of benzene rings is 2. The van der Waals surface area contributed by atoms with Gasteiger partial charge in [-0.1, -0.05) is 57.9 Å². The summed E-state index contributed by atoms with van der Waals surface area (Å²) in [4.78, 5) is 11.9. The molecule has 0 amide bonds. The fourth-order valence-corrected chi connectivity index (χ4v) is 3.27. The van der Waals surface area contributed by atoms with Crippen LogP contribution in [0.4, 0.5) is 0 Å². The molecule has 2 aromatic carbocycles. The molecule has 0 saturated heterocycles. The van der Waals surface area contributed by atoms with E-state index in [1.807, 2.05) is 36.4 Å². The Kier molecular flexibility index (Phi) is 8.12. The van der Waals surface area contributed by atoms with Crippen molar-refractivity contribution in [2.75, 3.05) is 0 Å². The molecule has 0 fully saturated rings. The van der Waals surface area contributed by atoms with E-state index in [2.05, 4.69) is 20.8 Å². The van der Waals surface area contributed by atoms with Crippen LogP contribution in [0.2, 0.25) is 0 Å². The number of phenolic OH excluding ortho intramolecular Hbond substituents is 1. The summed E-state index contributed by atoms with van der Waals surface area (Å²) in [5, 5.41) is 9.54. The number of esters is 1. The lowest BCUT2D eigenvalue weighted by Crippen LogP contribution is -2.07. The standard InChI is InChI=1S/C24H30O3/c1-4-7-8-9-24(26)27-21-16-12-19(13-17-21)23(6-3)22(5-2)18-10-14-20(25)15-11-18/h10-17,25H,4-9H2,1-3H3/b23-22+. The van der Waals surface area contributed by atoms with Gasteiger partial charge in [0.15, 0.2) is 0 Å². The molecule has 0 bridgehead atoms. The molecular weight excluding hydrogens is 336 g/mol. The van der Waals surface area contributed by atoms with Crippen molar-refractivity contribution in [3.8, 4) is 11.5 Å². The van der Waals surface area contributed by atoms with Gasteiger partial charge in [0.25, 0.3) is 0 Å². The third-order valence-electron chi connectivity index (χ3n) is 4.71. The minimum absolute atomic E-state index is 0.166. The lowest BCUT2D eigenvalue weighted by atomic mass is 9.91. The van der Waals surface area contributed by atoms with Crippen molar-refractivity contribution in [1.29, 1.82) is 0 Å². The highest BCUT2D eigenvalue weighted by Gasteiger charge is 2.10. The predicted molar refractivity (Wildman–Crippen MR) is 112 cm³/mol. The Hall–Kier alpha value is -2.55. The fraction of sp³-hybridized carbons (Fsp3) is 0.375. The van der Waals surface area contributed by atoms with Crippen LogP contribution >= 0.6 is 0 Å². The molecule has 1 N–H and O–H groups in total. The third-order valence-corrected chi connectivity index (χ3v) is 4.71. The number of hydrogen-bond acceptors (Lipinski definition) is 3. The molecule has 0 aliphatic carbocycles. The maximum absolute atomic E-state index is 11.9. The Morgan fingerprint density at radius 1 is 0.815 bits per heavy atom. The molecule has 3 nitrogen and oxygen atoms in total. The first-order valence-corrected chi connectivity index (χ1v) is 9.91. The summed E-state index contributed by atoms with van der Waals surface area (Å²) in [7, 11) is 0. The second-order valence-electron chi connectivity index (χ2n) is 6.67. The van der Waals surface area contributed by atoms with Crippen molar-refractivity contribution in [2.45, 2.75) is 59.3 Å². The summed E-state index contributed by atoms with van der Waals surface area (Å²) in [6.45, 7) is 6.41. The van der Waals surface area contributed by atoms with Crippen LogP contribution < -0.4 is 4.74 Å². The molecule has 0 radical (unpaired) electrons. The topological polar surface area (TPSA) is 46.5 Å². The van der Waals surface area contributed by atoms with Crippen molar-refractivity contribution in [1.82, 2.24) is 0 Å². The fourth-order valence-electron chi connectivity index (χ4n) is 3.27. The Morgan fingerprint density at radius 2 is 1.33 bits per heavy atom. The van der Waals surface area contributed by atoms with E-state index in [0.29, 0.717) is 12.2 Å². The van der Waals surface area contributed by atoms with Crippen molar-refractivity contribution in [2.24, 2.45) is 0 Å². The quantitative estimate of drug-likeness (QED) is 0.235. The number of unbranched alkanes of at least 4 members (excludes halogenated alkanes) is 2. The summed E-state index contributed by atoms with van der Waals surface area (Å²) in [5.41, 5.74) is 4.79. The number of carbonyl (C=O) groups excluding carboxylic acids is 1. The number of rotatable bonds is 9. The lowest BCUT2D eigenvalue weighted by molar-refractivity contribution is -0.134. The Labute approximate surface area is 162 Å². The predicted octanol–water partition coefficient (Wildman–Crippen LogP) is 6.61. The monoisotopic (exact) mass is 366 g/mol. The van der Waals surface area contributed by atoms with Gasteiger partial charge in [-0.3, -0.25) is 4.79 Å². The number of hydrogen-bond donors (Lipinski definition) is 1. The molecule has 3 heteroatoms. The molecule has 27 heavy (non-hydrogen) atoms. The van der Waals surface area contributed by atoms with Gasteiger partial charge in [-0.2, -0.15) is 0 Å². The Balaban J connectivity index is 2.19.